The lowest BCUT2D eigenvalue weighted by Crippen LogP contribution is -2.13. The fraction of sp³-hybridized carbons (Fsp3) is 0.318. The van der Waals surface area contributed by atoms with Gasteiger partial charge in [-0.25, -0.2) is 4.98 Å². The van der Waals surface area contributed by atoms with Crippen molar-refractivity contribution in [1.29, 1.82) is 0 Å². The first-order valence-electron chi connectivity index (χ1n) is 8.98. The van der Waals surface area contributed by atoms with Gasteiger partial charge < -0.3 is 14.4 Å². The van der Waals surface area contributed by atoms with Crippen LogP contribution in [0.1, 0.15) is 35.5 Å². The van der Waals surface area contributed by atoms with Crippen LogP contribution in [0, 0.1) is 13.8 Å². The van der Waals surface area contributed by atoms with E-state index in [4.69, 9.17) is 4.74 Å². The number of imidazole rings is 1. The van der Waals surface area contributed by atoms with E-state index in [1.807, 2.05) is 24.3 Å². The van der Waals surface area contributed by atoms with Crippen molar-refractivity contribution in [3.05, 3.63) is 71.6 Å². The molecular weight excluding hydrogens is 324 g/mol. The van der Waals surface area contributed by atoms with E-state index in [9.17, 15) is 5.11 Å². The zero-order valence-corrected chi connectivity index (χ0v) is 15.7. The summed E-state index contributed by atoms with van der Waals surface area (Å²) in [7, 11) is 0. The second-order valence-corrected chi connectivity index (χ2v) is 6.67. The van der Waals surface area contributed by atoms with Crippen LogP contribution in [0.4, 0.5) is 0 Å². The summed E-state index contributed by atoms with van der Waals surface area (Å²) in [4.78, 5) is 4.63. The predicted octanol–water partition coefficient (Wildman–Crippen LogP) is 4.51. The highest BCUT2D eigenvalue weighted by molar-refractivity contribution is 5.78. The van der Waals surface area contributed by atoms with Gasteiger partial charge in [-0.1, -0.05) is 24.3 Å². The van der Waals surface area contributed by atoms with E-state index in [0.29, 0.717) is 19.0 Å². The third-order valence-electron chi connectivity index (χ3n) is 4.68. The summed E-state index contributed by atoms with van der Waals surface area (Å²) in [6.45, 7) is 10.9. The van der Waals surface area contributed by atoms with E-state index in [2.05, 4.69) is 48.2 Å². The number of benzene rings is 2. The normalized spacial score (nSPS) is 12.3. The molecule has 1 unspecified atom stereocenters. The molecule has 0 aliphatic rings. The Bertz CT molecular complexity index is 925. The Morgan fingerprint density at radius 3 is 2.69 bits per heavy atom. The van der Waals surface area contributed by atoms with Gasteiger partial charge in [0, 0.05) is 0 Å². The first-order valence-corrected chi connectivity index (χ1v) is 8.98. The van der Waals surface area contributed by atoms with E-state index in [0.717, 1.165) is 28.8 Å². The van der Waals surface area contributed by atoms with Crippen molar-refractivity contribution >= 4 is 11.0 Å². The number of aromatic nitrogens is 2. The number of fused-ring (bicyclic) bond motifs is 1. The number of rotatable bonds is 7. The van der Waals surface area contributed by atoms with Crippen LogP contribution < -0.4 is 4.74 Å². The molecule has 0 spiro atoms. The molecule has 1 atom stereocenters. The Balaban J connectivity index is 1.85. The topological polar surface area (TPSA) is 47.3 Å². The molecule has 26 heavy (non-hydrogen) atoms. The van der Waals surface area contributed by atoms with Crippen LogP contribution in [0.15, 0.2) is 49.1 Å². The Labute approximate surface area is 154 Å². The fourth-order valence-corrected chi connectivity index (χ4v) is 3.17. The molecule has 0 fully saturated rings. The molecule has 0 aliphatic carbocycles. The number of aliphatic hydroxyl groups is 1. The molecule has 1 aromatic heterocycles. The molecule has 1 heterocycles. The predicted molar refractivity (Wildman–Crippen MR) is 106 cm³/mol. The van der Waals surface area contributed by atoms with Crippen LogP contribution in [0.25, 0.3) is 11.0 Å². The highest BCUT2D eigenvalue weighted by Crippen LogP contribution is 2.24. The zero-order valence-electron chi connectivity index (χ0n) is 15.7. The first-order chi connectivity index (χ1) is 12.5. The van der Waals surface area contributed by atoms with Crippen LogP contribution in [0.3, 0.4) is 0 Å². The minimum Gasteiger partial charge on any atom is -0.491 e. The lowest BCUT2D eigenvalue weighted by molar-refractivity contribution is 0.181. The van der Waals surface area contributed by atoms with Crippen molar-refractivity contribution in [2.45, 2.75) is 39.8 Å². The Morgan fingerprint density at radius 1 is 1.23 bits per heavy atom. The molecule has 136 valence electrons. The van der Waals surface area contributed by atoms with Crippen LogP contribution in [0.5, 0.6) is 5.75 Å². The molecule has 1 N–H and O–H groups in total. The van der Waals surface area contributed by atoms with Crippen LogP contribution in [0.2, 0.25) is 0 Å². The number of hydrogen-bond acceptors (Lipinski definition) is 3. The molecule has 0 radical (unpaired) electrons. The van der Waals surface area contributed by atoms with Crippen LogP contribution in [-0.2, 0) is 13.0 Å². The van der Waals surface area contributed by atoms with E-state index >= 15 is 0 Å². The summed E-state index contributed by atoms with van der Waals surface area (Å²) in [6.07, 6.45) is 2.03. The number of aryl methyl sites for hydroxylation is 2. The van der Waals surface area contributed by atoms with E-state index in [1.54, 1.807) is 6.92 Å². The van der Waals surface area contributed by atoms with Gasteiger partial charge in [0.15, 0.2) is 0 Å². The maximum Gasteiger partial charge on any atom is 0.138 e. The van der Waals surface area contributed by atoms with E-state index in [1.165, 1.54) is 11.1 Å². The number of ether oxygens (including phenoxy) is 1. The summed E-state index contributed by atoms with van der Waals surface area (Å²) in [6, 6.07) is 12.2. The van der Waals surface area contributed by atoms with Crippen molar-refractivity contribution in [3.63, 3.8) is 0 Å². The number of para-hydroxylation sites is 1. The average Bonchev–Trinajstić information content (AvgIpc) is 2.95. The second-order valence-electron chi connectivity index (χ2n) is 6.67. The summed E-state index contributed by atoms with van der Waals surface area (Å²) in [5, 5.41) is 10.1. The van der Waals surface area contributed by atoms with Gasteiger partial charge in [0.1, 0.15) is 24.3 Å². The molecule has 3 rings (SSSR count). The first kappa shape index (κ1) is 18.2. The van der Waals surface area contributed by atoms with Gasteiger partial charge in [-0.3, -0.25) is 0 Å². The number of allylic oxidation sites excluding steroid dienone is 1. The summed E-state index contributed by atoms with van der Waals surface area (Å²) >= 11 is 0. The molecule has 4 heteroatoms. The lowest BCUT2D eigenvalue weighted by atomic mass is 10.1. The van der Waals surface area contributed by atoms with E-state index in [-0.39, 0.29) is 0 Å². The molecule has 0 saturated carbocycles. The van der Waals surface area contributed by atoms with Gasteiger partial charge in [0.2, 0.25) is 0 Å². The number of aliphatic hydroxyl groups excluding tert-OH is 1. The van der Waals surface area contributed by atoms with Gasteiger partial charge in [-0.2, -0.15) is 0 Å². The SMILES string of the molecule is C=CCc1ccccc1OCCn1c(C(C)O)nc2cc(C)c(C)cc21. The highest BCUT2D eigenvalue weighted by Gasteiger charge is 2.16. The maximum atomic E-state index is 10.1. The molecule has 2 aromatic carbocycles. The molecule has 0 aliphatic heterocycles. The molecule has 0 amide bonds. The quantitative estimate of drug-likeness (QED) is 0.638. The van der Waals surface area contributed by atoms with Gasteiger partial charge in [-0.05, 0) is 62.1 Å². The van der Waals surface area contributed by atoms with Crippen LogP contribution in [-0.4, -0.2) is 21.3 Å². The van der Waals surface area contributed by atoms with Gasteiger partial charge in [-0.15, -0.1) is 6.58 Å². The zero-order chi connectivity index (χ0) is 18.7. The Kier molecular flexibility index (Phi) is 5.43. The highest BCUT2D eigenvalue weighted by atomic mass is 16.5. The molecule has 0 bridgehead atoms. The second kappa shape index (κ2) is 7.75. The summed E-state index contributed by atoms with van der Waals surface area (Å²) < 4.78 is 8.08. The van der Waals surface area contributed by atoms with Gasteiger partial charge >= 0.3 is 0 Å². The van der Waals surface area contributed by atoms with Crippen molar-refractivity contribution in [2.75, 3.05) is 6.61 Å². The molecule has 3 aromatic rings. The van der Waals surface area contributed by atoms with Crippen molar-refractivity contribution in [1.82, 2.24) is 9.55 Å². The minimum absolute atomic E-state index is 0.506. The Morgan fingerprint density at radius 2 is 1.96 bits per heavy atom. The minimum atomic E-state index is -0.629. The van der Waals surface area contributed by atoms with Crippen LogP contribution >= 0.6 is 0 Å². The monoisotopic (exact) mass is 350 g/mol. The summed E-state index contributed by atoms with van der Waals surface area (Å²) in [5.41, 5.74) is 5.49. The van der Waals surface area contributed by atoms with Gasteiger partial charge in [0.25, 0.3) is 0 Å². The standard InChI is InChI=1S/C22H26N2O2/c1-5-8-18-9-6-7-10-21(18)26-12-11-24-20-14-16(3)15(2)13-19(20)23-22(24)17(4)25/h5-7,9-10,13-14,17,25H,1,8,11-12H2,2-4H3. The van der Waals surface area contributed by atoms with Gasteiger partial charge in [0.05, 0.1) is 17.6 Å². The van der Waals surface area contributed by atoms with Crippen molar-refractivity contribution < 1.29 is 9.84 Å². The molecular formula is C22H26N2O2. The fourth-order valence-electron chi connectivity index (χ4n) is 3.17. The lowest BCUT2D eigenvalue weighted by Gasteiger charge is -2.14. The van der Waals surface area contributed by atoms with E-state index < -0.39 is 6.10 Å². The molecule has 0 saturated heterocycles. The third-order valence-corrected chi connectivity index (χ3v) is 4.68. The summed E-state index contributed by atoms with van der Waals surface area (Å²) in [5.74, 6) is 1.55. The van der Waals surface area contributed by atoms with Crippen molar-refractivity contribution in [3.8, 4) is 5.75 Å². The largest absolute Gasteiger partial charge is 0.491 e. The number of nitrogens with zero attached hydrogens (tertiary/aromatic N) is 2. The molecule has 4 nitrogen and oxygen atoms in total. The van der Waals surface area contributed by atoms with Crippen molar-refractivity contribution in [2.24, 2.45) is 0 Å². The third kappa shape index (κ3) is 3.65. The average molecular weight is 350 g/mol. The smallest absolute Gasteiger partial charge is 0.138 e. The maximum absolute atomic E-state index is 10.1. The Hall–Kier alpha value is -2.59. The number of hydrogen-bond donors (Lipinski definition) is 1.